The molecule has 0 aliphatic heterocycles. The summed E-state index contributed by atoms with van der Waals surface area (Å²) >= 11 is 3.46. The Morgan fingerprint density at radius 3 is 2.82 bits per heavy atom. The van der Waals surface area contributed by atoms with Crippen molar-refractivity contribution in [2.75, 3.05) is 0 Å². The summed E-state index contributed by atoms with van der Waals surface area (Å²) in [4.78, 5) is 4.20. The van der Waals surface area contributed by atoms with Crippen molar-refractivity contribution in [3.8, 4) is 0 Å². The molecule has 1 aliphatic carbocycles. The molecule has 0 aromatic carbocycles. The van der Waals surface area contributed by atoms with Crippen molar-refractivity contribution in [1.29, 1.82) is 0 Å². The van der Waals surface area contributed by atoms with Crippen LogP contribution in [0.4, 0.5) is 0 Å². The Morgan fingerprint density at radius 1 is 1.45 bits per heavy atom. The number of aromatic nitrogens is 1. The van der Waals surface area contributed by atoms with Gasteiger partial charge in [0.1, 0.15) is 4.60 Å². The highest BCUT2D eigenvalue weighted by molar-refractivity contribution is 9.10. The first-order valence-corrected chi connectivity index (χ1v) is 4.77. The van der Waals surface area contributed by atoms with Gasteiger partial charge >= 0.3 is 0 Å². The molecule has 0 atom stereocenters. The van der Waals surface area contributed by atoms with Crippen molar-refractivity contribution < 1.29 is 0 Å². The van der Waals surface area contributed by atoms with Gasteiger partial charge in [-0.1, -0.05) is 12.5 Å². The van der Waals surface area contributed by atoms with Crippen LogP contribution in [0.5, 0.6) is 0 Å². The Morgan fingerprint density at radius 2 is 2.27 bits per heavy atom. The average Bonchev–Trinajstić information content (AvgIpc) is 1.90. The number of nitrogens with zero attached hydrogens (tertiary/aromatic N) is 1. The van der Waals surface area contributed by atoms with Gasteiger partial charge in [-0.2, -0.15) is 0 Å². The van der Waals surface area contributed by atoms with E-state index in [1.807, 2.05) is 12.3 Å². The average molecular weight is 212 g/mol. The van der Waals surface area contributed by atoms with Crippen molar-refractivity contribution in [3.05, 3.63) is 28.5 Å². The van der Waals surface area contributed by atoms with Gasteiger partial charge in [0.05, 0.1) is 0 Å². The van der Waals surface area contributed by atoms with Gasteiger partial charge < -0.3 is 0 Å². The fourth-order valence-electron chi connectivity index (χ4n) is 1.42. The van der Waals surface area contributed by atoms with Crippen molar-refractivity contribution in [3.63, 3.8) is 0 Å². The smallest absolute Gasteiger partial charge is 0.109 e. The molecule has 1 aromatic rings. The Balaban J connectivity index is 2.28. The van der Waals surface area contributed by atoms with Crippen LogP contribution < -0.4 is 0 Å². The standard InChI is InChI=1S/C9H10BrN/c10-9-8(5-2-6-11-9)7-3-1-4-7/h2,5-7H,1,3-4H2. The van der Waals surface area contributed by atoms with Gasteiger partial charge in [0.25, 0.3) is 0 Å². The lowest BCUT2D eigenvalue weighted by atomic mass is 9.81. The molecule has 11 heavy (non-hydrogen) atoms. The Kier molecular flexibility index (Phi) is 1.95. The zero-order chi connectivity index (χ0) is 7.68. The van der Waals surface area contributed by atoms with Crippen LogP contribution in [0.2, 0.25) is 0 Å². The molecule has 2 heteroatoms. The summed E-state index contributed by atoms with van der Waals surface area (Å²) in [6, 6.07) is 4.18. The number of halogens is 1. The van der Waals surface area contributed by atoms with Gasteiger partial charge in [0.2, 0.25) is 0 Å². The third-order valence-corrected chi connectivity index (χ3v) is 3.00. The van der Waals surface area contributed by atoms with Gasteiger partial charge in [0.15, 0.2) is 0 Å². The minimum atomic E-state index is 0.776. The predicted octanol–water partition coefficient (Wildman–Crippen LogP) is 3.11. The summed E-state index contributed by atoms with van der Waals surface area (Å²) in [5, 5.41) is 0. The second-order valence-corrected chi connectivity index (χ2v) is 3.76. The molecule has 0 saturated heterocycles. The lowest BCUT2D eigenvalue weighted by molar-refractivity contribution is 0.417. The molecule has 2 rings (SSSR count). The van der Waals surface area contributed by atoms with E-state index in [0.717, 1.165) is 10.5 Å². The van der Waals surface area contributed by atoms with Crippen LogP contribution in [0, 0.1) is 0 Å². The summed E-state index contributed by atoms with van der Waals surface area (Å²) < 4.78 is 1.03. The van der Waals surface area contributed by atoms with Crippen molar-refractivity contribution >= 4 is 15.9 Å². The van der Waals surface area contributed by atoms with Crippen LogP contribution in [0.3, 0.4) is 0 Å². The minimum Gasteiger partial charge on any atom is -0.249 e. The fourth-order valence-corrected chi connectivity index (χ4v) is 2.00. The first-order valence-electron chi connectivity index (χ1n) is 3.98. The topological polar surface area (TPSA) is 12.9 Å². The lowest BCUT2D eigenvalue weighted by Crippen LogP contribution is -2.09. The Bertz CT molecular complexity index is 255. The predicted molar refractivity (Wildman–Crippen MR) is 48.5 cm³/mol. The highest BCUT2D eigenvalue weighted by Gasteiger charge is 2.21. The van der Waals surface area contributed by atoms with Crippen molar-refractivity contribution in [1.82, 2.24) is 4.98 Å². The maximum Gasteiger partial charge on any atom is 0.109 e. The summed E-state index contributed by atoms with van der Waals surface area (Å²) in [6.07, 6.45) is 5.88. The molecule has 0 amide bonds. The van der Waals surface area contributed by atoms with E-state index in [-0.39, 0.29) is 0 Å². The molecule has 0 bridgehead atoms. The van der Waals surface area contributed by atoms with Crippen LogP contribution in [0.1, 0.15) is 30.7 Å². The second kappa shape index (κ2) is 2.94. The van der Waals surface area contributed by atoms with Crippen LogP contribution in [-0.2, 0) is 0 Å². The Labute approximate surface area is 75.0 Å². The molecule has 0 N–H and O–H groups in total. The van der Waals surface area contributed by atoms with E-state index in [0.29, 0.717) is 0 Å². The van der Waals surface area contributed by atoms with Gasteiger partial charge in [-0.25, -0.2) is 4.98 Å². The Hall–Kier alpha value is -0.370. The van der Waals surface area contributed by atoms with Crippen molar-refractivity contribution in [2.24, 2.45) is 0 Å². The number of pyridine rings is 1. The molecule has 1 fully saturated rings. The summed E-state index contributed by atoms with van der Waals surface area (Å²) in [6.45, 7) is 0. The van der Waals surface area contributed by atoms with E-state index in [2.05, 4.69) is 27.0 Å². The molecule has 0 radical (unpaired) electrons. The second-order valence-electron chi connectivity index (χ2n) is 3.01. The molecule has 1 aliphatic rings. The highest BCUT2D eigenvalue weighted by atomic mass is 79.9. The SMILES string of the molecule is Brc1ncccc1C1CCC1. The lowest BCUT2D eigenvalue weighted by Gasteiger charge is -2.25. The van der Waals surface area contributed by atoms with E-state index in [1.54, 1.807) is 0 Å². The van der Waals surface area contributed by atoms with Crippen LogP contribution in [0.25, 0.3) is 0 Å². The maximum absolute atomic E-state index is 4.20. The van der Waals surface area contributed by atoms with Gasteiger partial charge in [-0.3, -0.25) is 0 Å². The van der Waals surface area contributed by atoms with E-state index < -0.39 is 0 Å². The van der Waals surface area contributed by atoms with E-state index >= 15 is 0 Å². The minimum absolute atomic E-state index is 0.776. The van der Waals surface area contributed by atoms with Crippen LogP contribution >= 0.6 is 15.9 Å². The maximum atomic E-state index is 4.20. The number of hydrogen-bond donors (Lipinski definition) is 0. The fraction of sp³-hybridized carbons (Fsp3) is 0.444. The summed E-state index contributed by atoms with van der Waals surface area (Å²) in [5.41, 5.74) is 1.39. The third kappa shape index (κ3) is 1.32. The molecule has 1 aromatic heterocycles. The molecular weight excluding hydrogens is 202 g/mol. The molecule has 0 spiro atoms. The number of rotatable bonds is 1. The van der Waals surface area contributed by atoms with Gasteiger partial charge in [-0.05, 0) is 46.3 Å². The van der Waals surface area contributed by atoms with Gasteiger partial charge in [0, 0.05) is 6.20 Å². The highest BCUT2D eigenvalue weighted by Crippen LogP contribution is 2.38. The van der Waals surface area contributed by atoms with E-state index in [9.17, 15) is 0 Å². The molecule has 1 saturated carbocycles. The molecule has 1 nitrogen and oxygen atoms in total. The largest absolute Gasteiger partial charge is 0.249 e. The normalized spacial score (nSPS) is 17.9. The van der Waals surface area contributed by atoms with Crippen LogP contribution in [-0.4, -0.2) is 4.98 Å². The van der Waals surface area contributed by atoms with E-state index in [4.69, 9.17) is 0 Å². The summed E-state index contributed by atoms with van der Waals surface area (Å²) in [7, 11) is 0. The third-order valence-electron chi connectivity index (χ3n) is 2.33. The first kappa shape index (κ1) is 7.29. The molecule has 1 heterocycles. The first-order chi connectivity index (χ1) is 5.38. The monoisotopic (exact) mass is 211 g/mol. The van der Waals surface area contributed by atoms with Crippen molar-refractivity contribution in [2.45, 2.75) is 25.2 Å². The van der Waals surface area contributed by atoms with E-state index in [1.165, 1.54) is 24.8 Å². The molecule has 58 valence electrons. The van der Waals surface area contributed by atoms with Gasteiger partial charge in [-0.15, -0.1) is 0 Å². The number of hydrogen-bond acceptors (Lipinski definition) is 1. The van der Waals surface area contributed by atoms with Crippen LogP contribution in [0.15, 0.2) is 22.9 Å². The molecule has 0 unspecified atom stereocenters. The summed E-state index contributed by atoms with van der Waals surface area (Å²) in [5.74, 6) is 0.776. The zero-order valence-corrected chi connectivity index (χ0v) is 7.84. The quantitative estimate of drug-likeness (QED) is 0.651. The molecular formula is C9H10BrN. The zero-order valence-electron chi connectivity index (χ0n) is 6.26.